The lowest BCUT2D eigenvalue weighted by molar-refractivity contribution is 0.526. The van der Waals surface area contributed by atoms with Crippen LogP contribution in [0.4, 0.5) is 4.39 Å². The van der Waals surface area contributed by atoms with E-state index in [0.717, 1.165) is 22.9 Å². The second-order valence-corrected chi connectivity index (χ2v) is 4.19. The quantitative estimate of drug-likeness (QED) is 0.849. The van der Waals surface area contributed by atoms with E-state index in [0.29, 0.717) is 5.56 Å². The molecule has 1 rings (SSSR count). The molecule has 1 aromatic rings. The van der Waals surface area contributed by atoms with Gasteiger partial charge in [-0.15, -0.1) is 0 Å². The molecule has 78 valence electrons. The van der Waals surface area contributed by atoms with E-state index in [1.54, 1.807) is 0 Å². The molecule has 14 heavy (non-hydrogen) atoms. The molecule has 1 atom stereocenters. The summed E-state index contributed by atoms with van der Waals surface area (Å²) in [5.41, 5.74) is 7.25. The van der Waals surface area contributed by atoms with Gasteiger partial charge in [-0.05, 0) is 34.8 Å². The molecule has 0 bridgehead atoms. The van der Waals surface area contributed by atoms with E-state index in [2.05, 4.69) is 20.9 Å². The van der Waals surface area contributed by atoms with Crippen molar-refractivity contribution in [1.82, 2.24) is 4.98 Å². The van der Waals surface area contributed by atoms with Crippen molar-refractivity contribution in [2.24, 2.45) is 5.73 Å². The number of halogens is 2. The van der Waals surface area contributed by atoms with Gasteiger partial charge in [0.15, 0.2) is 0 Å². The summed E-state index contributed by atoms with van der Waals surface area (Å²) in [5.74, 6) is -0.452. The minimum absolute atomic E-state index is 0.259. The highest BCUT2D eigenvalue weighted by Crippen LogP contribution is 2.26. The molecular weight excluding hydrogens is 247 g/mol. The van der Waals surface area contributed by atoms with Gasteiger partial charge in [0.1, 0.15) is 0 Å². The van der Waals surface area contributed by atoms with E-state index in [9.17, 15) is 4.39 Å². The molecule has 0 spiro atoms. The lowest BCUT2D eigenvalue weighted by Gasteiger charge is -2.14. The highest BCUT2D eigenvalue weighted by Gasteiger charge is 2.16. The Balaban J connectivity index is 3.11. The fourth-order valence-corrected chi connectivity index (χ4v) is 1.77. The third-order valence-electron chi connectivity index (χ3n) is 2.25. The summed E-state index contributed by atoms with van der Waals surface area (Å²) in [5, 5.41) is 0. The van der Waals surface area contributed by atoms with Crippen LogP contribution in [0.5, 0.6) is 0 Å². The van der Waals surface area contributed by atoms with E-state index >= 15 is 0 Å². The highest BCUT2D eigenvalue weighted by molar-refractivity contribution is 9.10. The Bertz CT molecular complexity index is 328. The first kappa shape index (κ1) is 11.6. The minimum Gasteiger partial charge on any atom is -0.324 e. The maximum atomic E-state index is 13.4. The second-order valence-electron chi connectivity index (χ2n) is 3.33. The first-order valence-electron chi connectivity index (χ1n) is 4.64. The van der Waals surface area contributed by atoms with Crippen LogP contribution in [0, 0.1) is 12.9 Å². The standard InChI is InChI=1S/C10H14BrFN2/c1-3-4-8(13)9-6(2)7(11)5-14-10(9)12/h5,8H,3-4,13H2,1-2H3/t8-/m1/s1. The van der Waals surface area contributed by atoms with Crippen molar-refractivity contribution in [2.75, 3.05) is 0 Å². The minimum atomic E-state index is -0.452. The Morgan fingerprint density at radius 1 is 1.64 bits per heavy atom. The molecule has 0 fully saturated rings. The van der Waals surface area contributed by atoms with Gasteiger partial charge in [0.2, 0.25) is 5.95 Å². The fraction of sp³-hybridized carbons (Fsp3) is 0.500. The summed E-state index contributed by atoms with van der Waals surface area (Å²) in [7, 11) is 0. The summed E-state index contributed by atoms with van der Waals surface area (Å²) in [4.78, 5) is 3.65. The molecule has 0 unspecified atom stereocenters. The SMILES string of the molecule is CCC[C@@H](N)c1c(F)ncc(Br)c1C. The Kier molecular flexibility index (Phi) is 4.01. The van der Waals surface area contributed by atoms with Crippen LogP contribution in [-0.4, -0.2) is 4.98 Å². The molecular formula is C10H14BrFN2. The maximum absolute atomic E-state index is 13.4. The monoisotopic (exact) mass is 260 g/mol. The van der Waals surface area contributed by atoms with Crippen molar-refractivity contribution >= 4 is 15.9 Å². The summed E-state index contributed by atoms with van der Waals surface area (Å²) in [6.45, 7) is 3.87. The average Bonchev–Trinajstić information content (AvgIpc) is 2.13. The Morgan fingerprint density at radius 2 is 2.29 bits per heavy atom. The number of hydrogen-bond acceptors (Lipinski definition) is 2. The predicted molar refractivity (Wildman–Crippen MR) is 58.5 cm³/mol. The van der Waals surface area contributed by atoms with Crippen LogP contribution in [0.25, 0.3) is 0 Å². The molecule has 2 nitrogen and oxygen atoms in total. The summed E-state index contributed by atoms with van der Waals surface area (Å²) < 4.78 is 14.2. The third-order valence-corrected chi connectivity index (χ3v) is 3.05. The van der Waals surface area contributed by atoms with Crippen LogP contribution in [0.15, 0.2) is 10.7 Å². The van der Waals surface area contributed by atoms with Gasteiger partial charge in [-0.3, -0.25) is 0 Å². The average molecular weight is 261 g/mol. The zero-order chi connectivity index (χ0) is 10.7. The van der Waals surface area contributed by atoms with Crippen molar-refractivity contribution in [3.63, 3.8) is 0 Å². The Morgan fingerprint density at radius 3 is 2.86 bits per heavy atom. The van der Waals surface area contributed by atoms with E-state index in [1.807, 2.05) is 13.8 Å². The molecule has 0 saturated carbocycles. The van der Waals surface area contributed by atoms with Crippen LogP contribution >= 0.6 is 15.9 Å². The van der Waals surface area contributed by atoms with E-state index in [-0.39, 0.29) is 6.04 Å². The van der Waals surface area contributed by atoms with Crippen molar-refractivity contribution in [1.29, 1.82) is 0 Å². The smallest absolute Gasteiger partial charge is 0.217 e. The van der Waals surface area contributed by atoms with Gasteiger partial charge in [0.25, 0.3) is 0 Å². The molecule has 0 aliphatic heterocycles. The maximum Gasteiger partial charge on any atom is 0.217 e. The van der Waals surface area contributed by atoms with Crippen molar-refractivity contribution in [3.05, 3.63) is 27.7 Å². The zero-order valence-electron chi connectivity index (χ0n) is 8.35. The number of pyridine rings is 1. The van der Waals surface area contributed by atoms with Crippen molar-refractivity contribution in [3.8, 4) is 0 Å². The number of nitrogens with zero attached hydrogens (tertiary/aromatic N) is 1. The number of nitrogens with two attached hydrogens (primary N) is 1. The third kappa shape index (κ3) is 2.30. The second kappa shape index (κ2) is 4.84. The normalized spacial score (nSPS) is 12.9. The van der Waals surface area contributed by atoms with E-state index in [1.165, 1.54) is 6.20 Å². The van der Waals surface area contributed by atoms with Crippen molar-refractivity contribution < 1.29 is 4.39 Å². The van der Waals surface area contributed by atoms with Crippen LogP contribution in [-0.2, 0) is 0 Å². The molecule has 1 heterocycles. The van der Waals surface area contributed by atoms with Gasteiger partial charge in [0, 0.05) is 22.3 Å². The summed E-state index contributed by atoms with van der Waals surface area (Å²) in [6.07, 6.45) is 3.18. The van der Waals surface area contributed by atoms with Gasteiger partial charge in [0.05, 0.1) is 0 Å². The zero-order valence-corrected chi connectivity index (χ0v) is 9.94. The topological polar surface area (TPSA) is 38.9 Å². The summed E-state index contributed by atoms with van der Waals surface area (Å²) >= 11 is 3.31. The van der Waals surface area contributed by atoms with Crippen LogP contribution in [0.2, 0.25) is 0 Å². The molecule has 0 amide bonds. The molecule has 0 saturated heterocycles. The highest BCUT2D eigenvalue weighted by atomic mass is 79.9. The summed E-state index contributed by atoms with van der Waals surface area (Å²) in [6, 6.07) is -0.259. The van der Waals surface area contributed by atoms with Gasteiger partial charge in [-0.2, -0.15) is 4.39 Å². The van der Waals surface area contributed by atoms with Gasteiger partial charge >= 0.3 is 0 Å². The van der Waals surface area contributed by atoms with Crippen LogP contribution in [0.1, 0.15) is 36.9 Å². The Hall–Kier alpha value is -0.480. The molecule has 2 N–H and O–H groups in total. The number of aromatic nitrogens is 1. The van der Waals surface area contributed by atoms with Crippen LogP contribution < -0.4 is 5.73 Å². The Labute approximate surface area is 91.8 Å². The lowest BCUT2D eigenvalue weighted by Crippen LogP contribution is -2.14. The van der Waals surface area contributed by atoms with Crippen molar-refractivity contribution in [2.45, 2.75) is 32.7 Å². The molecule has 0 aliphatic rings. The van der Waals surface area contributed by atoms with Crippen LogP contribution in [0.3, 0.4) is 0 Å². The number of hydrogen-bond donors (Lipinski definition) is 1. The first-order chi connectivity index (χ1) is 6.57. The molecule has 0 aliphatic carbocycles. The van der Waals surface area contributed by atoms with E-state index in [4.69, 9.17) is 5.73 Å². The number of rotatable bonds is 3. The largest absolute Gasteiger partial charge is 0.324 e. The fourth-order valence-electron chi connectivity index (χ4n) is 1.45. The van der Waals surface area contributed by atoms with Gasteiger partial charge in [-0.25, -0.2) is 4.98 Å². The first-order valence-corrected chi connectivity index (χ1v) is 5.43. The van der Waals surface area contributed by atoms with Gasteiger partial charge in [-0.1, -0.05) is 13.3 Å². The molecule has 0 aromatic carbocycles. The van der Waals surface area contributed by atoms with Gasteiger partial charge < -0.3 is 5.73 Å². The predicted octanol–water partition coefficient (Wildman–Crippen LogP) is 3.09. The molecule has 1 aromatic heterocycles. The lowest BCUT2D eigenvalue weighted by atomic mass is 10.0. The van der Waals surface area contributed by atoms with E-state index < -0.39 is 5.95 Å². The molecule has 4 heteroatoms. The molecule has 0 radical (unpaired) electrons.